The summed E-state index contributed by atoms with van der Waals surface area (Å²) in [6.45, 7) is 16.4. The van der Waals surface area contributed by atoms with Crippen LogP contribution in [0.4, 0.5) is 10.5 Å². The molecule has 0 aliphatic heterocycles. The number of carbonyl (C=O) groups is 4. The maximum atomic E-state index is 14.4. The summed E-state index contributed by atoms with van der Waals surface area (Å²) in [7, 11) is 0. The molecular formula is C31H44N4O5. The molecule has 9 nitrogen and oxygen atoms in total. The van der Waals surface area contributed by atoms with E-state index in [9.17, 15) is 19.2 Å². The van der Waals surface area contributed by atoms with Crippen molar-refractivity contribution in [2.75, 3.05) is 5.32 Å². The van der Waals surface area contributed by atoms with E-state index in [1.165, 1.54) is 4.90 Å². The molecular weight excluding hydrogens is 508 g/mol. The van der Waals surface area contributed by atoms with Crippen LogP contribution in [0, 0.1) is 20.8 Å². The number of hydrogen-bond acceptors (Lipinski definition) is 5. The minimum Gasteiger partial charge on any atom is -0.444 e. The Hall–Kier alpha value is -3.88. The number of rotatable bonds is 10. The average Bonchev–Trinajstić information content (AvgIpc) is 2.83. The van der Waals surface area contributed by atoms with Gasteiger partial charge < -0.3 is 26.0 Å². The number of alkyl carbamates (subject to hydrolysis) is 1. The summed E-state index contributed by atoms with van der Waals surface area (Å²) in [6, 6.07) is 10.5. The fourth-order valence-electron chi connectivity index (χ4n) is 4.35. The monoisotopic (exact) mass is 552 g/mol. The van der Waals surface area contributed by atoms with E-state index in [1.54, 1.807) is 26.8 Å². The van der Waals surface area contributed by atoms with E-state index in [0.29, 0.717) is 17.7 Å². The van der Waals surface area contributed by atoms with Crippen molar-refractivity contribution < 1.29 is 23.9 Å². The zero-order valence-corrected chi connectivity index (χ0v) is 25.2. The van der Waals surface area contributed by atoms with Crippen molar-refractivity contribution in [2.24, 2.45) is 5.73 Å². The van der Waals surface area contributed by atoms with Crippen molar-refractivity contribution in [3.63, 3.8) is 0 Å². The molecule has 218 valence electrons. The molecule has 4 N–H and O–H groups in total. The van der Waals surface area contributed by atoms with Gasteiger partial charge in [0.2, 0.25) is 11.8 Å². The Balaban J connectivity index is 2.72. The second kappa shape index (κ2) is 13.0. The maximum Gasteiger partial charge on any atom is 0.408 e. The molecule has 40 heavy (non-hydrogen) atoms. The van der Waals surface area contributed by atoms with Crippen molar-refractivity contribution in [3.8, 4) is 0 Å². The van der Waals surface area contributed by atoms with Crippen molar-refractivity contribution in [1.82, 2.24) is 10.2 Å². The molecule has 0 saturated heterocycles. The van der Waals surface area contributed by atoms with Crippen LogP contribution in [-0.4, -0.2) is 45.9 Å². The molecule has 0 saturated carbocycles. The Morgan fingerprint density at radius 1 is 0.925 bits per heavy atom. The second-order valence-electron chi connectivity index (χ2n) is 11.7. The van der Waals surface area contributed by atoms with E-state index >= 15 is 0 Å². The van der Waals surface area contributed by atoms with Crippen molar-refractivity contribution >= 4 is 29.5 Å². The van der Waals surface area contributed by atoms with E-state index in [4.69, 9.17) is 10.5 Å². The lowest BCUT2D eigenvalue weighted by Gasteiger charge is -2.45. The van der Waals surface area contributed by atoms with Crippen LogP contribution in [0.5, 0.6) is 0 Å². The van der Waals surface area contributed by atoms with Gasteiger partial charge in [-0.05, 0) is 90.1 Å². The fraction of sp³-hybridized carbons (Fsp3) is 0.484. The number of aryl methyl sites for hydroxylation is 2. The number of ether oxygens (including phenoxy) is 1. The standard InChI is InChI=1S/C31H44N4O5/c1-10-31(8,9)35(28(38)24(18-25(32)36)34-29(39)40-30(5,6)7)26(22-16-13-15-19(2)21(22)4)27(37)33-23-17-12-11-14-20(23)3/h11-17,24,26H,10,18H2,1-9H3,(H2,32,36)(H,33,37)(H,34,39). The second-order valence-corrected chi connectivity index (χ2v) is 11.7. The maximum absolute atomic E-state index is 14.4. The number of amides is 4. The molecule has 0 heterocycles. The first kappa shape index (κ1) is 32.3. The Kier molecular flexibility index (Phi) is 10.5. The molecule has 0 aliphatic rings. The summed E-state index contributed by atoms with van der Waals surface area (Å²) in [5, 5.41) is 5.53. The zero-order valence-electron chi connectivity index (χ0n) is 25.2. The van der Waals surface area contributed by atoms with Crippen molar-refractivity contribution in [3.05, 3.63) is 64.7 Å². The largest absolute Gasteiger partial charge is 0.444 e. The molecule has 2 aromatic carbocycles. The van der Waals surface area contributed by atoms with Gasteiger partial charge in [0.05, 0.1) is 6.42 Å². The first-order chi connectivity index (χ1) is 18.5. The van der Waals surface area contributed by atoms with Gasteiger partial charge in [-0.2, -0.15) is 0 Å². The summed E-state index contributed by atoms with van der Waals surface area (Å²) < 4.78 is 5.36. The minimum atomic E-state index is -1.35. The predicted octanol–water partition coefficient (Wildman–Crippen LogP) is 5.08. The highest BCUT2D eigenvalue weighted by atomic mass is 16.6. The van der Waals surface area contributed by atoms with Crippen LogP contribution in [0.1, 0.15) is 82.7 Å². The number of benzene rings is 2. The lowest BCUT2D eigenvalue weighted by molar-refractivity contribution is -0.148. The number of para-hydroxylation sites is 1. The van der Waals surface area contributed by atoms with Gasteiger partial charge in [-0.25, -0.2) is 4.79 Å². The van der Waals surface area contributed by atoms with E-state index in [1.807, 2.05) is 77.9 Å². The molecule has 4 amide bonds. The molecule has 0 radical (unpaired) electrons. The highest BCUT2D eigenvalue weighted by Crippen LogP contribution is 2.35. The molecule has 2 unspecified atom stereocenters. The van der Waals surface area contributed by atoms with Crippen LogP contribution in [0.2, 0.25) is 0 Å². The van der Waals surface area contributed by atoms with E-state index in [-0.39, 0.29) is 0 Å². The van der Waals surface area contributed by atoms with E-state index in [0.717, 1.165) is 16.7 Å². The number of nitrogens with two attached hydrogens (primary N) is 1. The highest BCUT2D eigenvalue weighted by Gasteiger charge is 2.44. The SMILES string of the molecule is CCC(C)(C)N(C(=O)C(CC(N)=O)NC(=O)OC(C)(C)C)C(C(=O)Nc1ccccc1C)c1cccc(C)c1C. The van der Waals surface area contributed by atoms with Crippen molar-refractivity contribution in [1.29, 1.82) is 0 Å². The van der Waals surface area contributed by atoms with Gasteiger partial charge in [0.15, 0.2) is 0 Å². The van der Waals surface area contributed by atoms with E-state index < -0.39 is 53.5 Å². The smallest absolute Gasteiger partial charge is 0.408 e. The summed E-state index contributed by atoms with van der Waals surface area (Å²) in [4.78, 5) is 54.8. The van der Waals surface area contributed by atoms with Gasteiger partial charge in [-0.3, -0.25) is 14.4 Å². The van der Waals surface area contributed by atoms with Gasteiger partial charge in [-0.1, -0.05) is 43.3 Å². The number of carbonyl (C=O) groups excluding carboxylic acids is 4. The Morgan fingerprint density at radius 3 is 2.08 bits per heavy atom. The van der Waals surface area contributed by atoms with Crippen LogP contribution in [0.15, 0.2) is 42.5 Å². The number of nitrogens with one attached hydrogen (secondary N) is 2. The molecule has 2 aromatic rings. The third kappa shape index (κ3) is 8.31. The molecule has 0 bridgehead atoms. The molecule has 0 spiro atoms. The average molecular weight is 553 g/mol. The first-order valence-corrected chi connectivity index (χ1v) is 13.5. The third-order valence-corrected chi connectivity index (χ3v) is 7.00. The lowest BCUT2D eigenvalue weighted by Crippen LogP contribution is -2.59. The summed E-state index contributed by atoms with van der Waals surface area (Å²) >= 11 is 0. The van der Waals surface area contributed by atoms with Crippen LogP contribution < -0.4 is 16.4 Å². The summed E-state index contributed by atoms with van der Waals surface area (Å²) in [6.07, 6.45) is -0.852. The normalized spacial score (nSPS) is 13.1. The van der Waals surface area contributed by atoms with Crippen molar-refractivity contribution in [2.45, 2.75) is 98.4 Å². The van der Waals surface area contributed by atoms with Crippen LogP contribution in [0.25, 0.3) is 0 Å². The Morgan fingerprint density at radius 2 is 1.52 bits per heavy atom. The highest BCUT2D eigenvalue weighted by molar-refractivity contribution is 6.00. The van der Waals surface area contributed by atoms with E-state index in [2.05, 4.69) is 10.6 Å². The van der Waals surface area contributed by atoms with Crippen LogP contribution in [0.3, 0.4) is 0 Å². The van der Waals surface area contributed by atoms with Gasteiger partial charge in [0.25, 0.3) is 5.91 Å². The van der Waals surface area contributed by atoms with Gasteiger partial charge in [0.1, 0.15) is 17.7 Å². The Bertz CT molecular complexity index is 1250. The number of hydrogen-bond donors (Lipinski definition) is 3. The molecule has 0 aliphatic carbocycles. The number of anilines is 1. The van der Waals surface area contributed by atoms with Gasteiger partial charge >= 0.3 is 6.09 Å². The zero-order chi connectivity index (χ0) is 30.4. The first-order valence-electron chi connectivity index (χ1n) is 13.5. The number of nitrogens with zero attached hydrogens (tertiary/aromatic N) is 1. The van der Waals surface area contributed by atoms with Crippen LogP contribution in [-0.2, 0) is 19.1 Å². The molecule has 2 atom stereocenters. The molecule has 0 fully saturated rings. The molecule has 2 rings (SSSR count). The quantitative estimate of drug-likeness (QED) is 0.378. The third-order valence-electron chi connectivity index (χ3n) is 7.00. The number of primary amides is 1. The lowest BCUT2D eigenvalue weighted by atomic mass is 9.89. The summed E-state index contributed by atoms with van der Waals surface area (Å²) in [5.74, 6) is -1.83. The predicted molar refractivity (Wildman–Crippen MR) is 157 cm³/mol. The van der Waals surface area contributed by atoms with Gasteiger partial charge in [-0.15, -0.1) is 0 Å². The molecule has 9 heteroatoms. The fourth-order valence-corrected chi connectivity index (χ4v) is 4.35. The molecule has 0 aromatic heterocycles. The summed E-state index contributed by atoms with van der Waals surface area (Å²) in [5.41, 5.74) is 7.72. The van der Waals surface area contributed by atoms with Gasteiger partial charge in [0, 0.05) is 11.2 Å². The minimum absolute atomic E-state index is 0.423. The Labute approximate surface area is 237 Å². The topological polar surface area (TPSA) is 131 Å². The van der Waals surface area contributed by atoms with Crippen LogP contribution >= 0.6 is 0 Å².